The molecule has 0 fully saturated rings. The Bertz CT molecular complexity index is 549. The highest BCUT2D eigenvalue weighted by atomic mass is 16.3. The number of rotatable bonds is 1. The zero-order valence-electron chi connectivity index (χ0n) is 9.43. The average molecular weight is 226 g/mol. The lowest BCUT2D eigenvalue weighted by Crippen LogP contribution is -2.19. The van der Waals surface area contributed by atoms with Crippen molar-refractivity contribution < 1.29 is 5.11 Å². The molecule has 1 aliphatic carbocycles. The fourth-order valence-electron chi connectivity index (χ4n) is 2.29. The first-order chi connectivity index (χ1) is 8.22. The molecule has 0 amide bonds. The second-order valence-corrected chi connectivity index (χ2v) is 4.52. The molecule has 0 radical (unpaired) electrons. The normalized spacial score (nSPS) is 18.1. The Hall–Kier alpha value is -1.87. The fourth-order valence-corrected chi connectivity index (χ4v) is 2.29. The van der Waals surface area contributed by atoms with E-state index in [1.165, 1.54) is 5.56 Å². The van der Waals surface area contributed by atoms with E-state index in [0.717, 1.165) is 29.8 Å². The van der Waals surface area contributed by atoms with E-state index in [4.69, 9.17) is 5.73 Å². The van der Waals surface area contributed by atoms with Crippen LogP contribution in [0.3, 0.4) is 0 Å². The molecular weight excluding hydrogens is 212 g/mol. The van der Waals surface area contributed by atoms with Gasteiger partial charge < -0.3 is 10.8 Å². The largest absolute Gasteiger partial charge is 0.508 e. The summed E-state index contributed by atoms with van der Waals surface area (Å²) in [6.45, 7) is 0. The number of pyridine rings is 1. The van der Waals surface area contributed by atoms with Gasteiger partial charge in [-0.25, -0.2) is 0 Å². The summed E-state index contributed by atoms with van der Waals surface area (Å²) in [5, 5.41) is 9.26. The van der Waals surface area contributed by atoms with E-state index in [9.17, 15) is 5.11 Å². The number of fused-ring (bicyclic) bond motifs is 1. The minimum absolute atomic E-state index is 0.215. The van der Waals surface area contributed by atoms with Gasteiger partial charge in [-0.3, -0.25) is 4.98 Å². The predicted molar refractivity (Wildman–Crippen MR) is 66.7 cm³/mol. The van der Waals surface area contributed by atoms with Crippen molar-refractivity contribution in [1.82, 2.24) is 4.98 Å². The van der Waals surface area contributed by atoms with Crippen LogP contribution in [0.15, 0.2) is 36.4 Å². The third-order valence-corrected chi connectivity index (χ3v) is 3.17. The monoisotopic (exact) mass is 226 g/mol. The number of phenolic OH excluding ortho intramolecular Hbond substituents is 1. The van der Waals surface area contributed by atoms with E-state index in [0.29, 0.717) is 0 Å². The van der Waals surface area contributed by atoms with E-state index in [2.05, 4.69) is 11.1 Å². The minimum atomic E-state index is 0.215. The Morgan fingerprint density at radius 1 is 1.06 bits per heavy atom. The quantitative estimate of drug-likeness (QED) is 0.780. The average Bonchev–Trinajstić information content (AvgIpc) is 2.69. The molecule has 1 aliphatic rings. The highest BCUT2D eigenvalue weighted by Gasteiger charge is 2.19. The first-order valence-electron chi connectivity index (χ1n) is 5.76. The number of nitrogens with zero attached hydrogens (tertiary/aromatic N) is 1. The van der Waals surface area contributed by atoms with Crippen molar-refractivity contribution in [2.24, 2.45) is 5.73 Å². The maximum Gasteiger partial charge on any atom is 0.115 e. The Labute approximate surface area is 99.9 Å². The minimum Gasteiger partial charge on any atom is -0.508 e. The summed E-state index contributed by atoms with van der Waals surface area (Å²) in [7, 11) is 0. The molecular formula is C14H14N2O. The van der Waals surface area contributed by atoms with Gasteiger partial charge in [-0.05, 0) is 42.3 Å². The van der Waals surface area contributed by atoms with Crippen LogP contribution in [0.5, 0.6) is 5.75 Å². The molecule has 1 aromatic heterocycles. The lowest BCUT2D eigenvalue weighted by atomic mass is 10.1. The number of hydrogen-bond acceptors (Lipinski definition) is 3. The van der Waals surface area contributed by atoms with Gasteiger partial charge in [0.2, 0.25) is 0 Å². The van der Waals surface area contributed by atoms with Gasteiger partial charge in [0.25, 0.3) is 0 Å². The van der Waals surface area contributed by atoms with Gasteiger partial charge in [-0.1, -0.05) is 6.07 Å². The van der Waals surface area contributed by atoms with E-state index < -0.39 is 0 Å². The number of benzene rings is 1. The Balaban J connectivity index is 2.00. The van der Waals surface area contributed by atoms with Crippen molar-refractivity contribution >= 4 is 0 Å². The van der Waals surface area contributed by atoms with Crippen molar-refractivity contribution in [3.05, 3.63) is 47.7 Å². The lowest BCUT2D eigenvalue weighted by Gasteiger charge is -2.04. The third-order valence-electron chi connectivity index (χ3n) is 3.17. The van der Waals surface area contributed by atoms with Crippen molar-refractivity contribution in [3.8, 4) is 17.0 Å². The zero-order valence-corrected chi connectivity index (χ0v) is 9.43. The summed E-state index contributed by atoms with van der Waals surface area (Å²) in [6.07, 6.45) is 1.79. The van der Waals surface area contributed by atoms with Crippen molar-refractivity contribution in [2.45, 2.75) is 18.9 Å². The van der Waals surface area contributed by atoms with Crippen LogP contribution in [0.1, 0.15) is 11.3 Å². The molecule has 0 saturated heterocycles. The number of aromatic hydroxyl groups is 1. The fraction of sp³-hybridized carbons (Fsp3) is 0.214. The predicted octanol–water partition coefficient (Wildman–Crippen LogP) is 1.88. The number of nitrogens with two attached hydrogens (primary N) is 1. The smallest absolute Gasteiger partial charge is 0.115 e. The Kier molecular flexibility index (Phi) is 2.34. The molecule has 3 nitrogen and oxygen atoms in total. The van der Waals surface area contributed by atoms with E-state index >= 15 is 0 Å². The van der Waals surface area contributed by atoms with E-state index in [-0.39, 0.29) is 11.8 Å². The third kappa shape index (κ3) is 1.89. The highest BCUT2D eigenvalue weighted by molar-refractivity contribution is 5.60. The summed E-state index contributed by atoms with van der Waals surface area (Å²) in [5.74, 6) is 0.275. The van der Waals surface area contributed by atoms with Gasteiger partial charge in [-0.2, -0.15) is 0 Å². The first-order valence-corrected chi connectivity index (χ1v) is 5.76. The molecule has 0 aliphatic heterocycles. The van der Waals surface area contributed by atoms with Crippen LogP contribution in [0.4, 0.5) is 0 Å². The zero-order chi connectivity index (χ0) is 11.8. The van der Waals surface area contributed by atoms with Gasteiger partial charge in [0.15, 0.2) is 0 Å². The van der Waals surface area contributed by atoms with Crippen LogP contribution in [0.25, 0.3) is 11.3 Å². The highest BCUT2D eigenvalue weighted by Crippen LogP contribution is 2.25. The molecule has 17 heavy (non-hydrogen) atoms. The first kappa shape index (κ1) is 10.3. The van der Waals surface area contributed by atoms with Crippen LogP contribution < -0.4 is 5.73 Å². The molecule has 3 heteroatoms. The van der Waals surface area contributed by atoms with E-state index in [1.54, 1.807) is 12.1 Å². The van der Waals surface area contributed by atoms with Gasteiger partial charge in [0.1, 0.15) is 5.75 Å². The van der Waals surface area contributed by atoms with Crippen LogP contribution >= 0.6 is 0 Å². The number of hydrogen-bond donors (Lipinski definition) is 2. The van der Waals surface area contributed by atoms with Gasteiger partial charge in [-0.15, -0.1) is 0 Å². The molecule has 1 aromatic carbocycles. The summed E-state index contributed by atoms with van der Waals surface area (Å²) in [6, 6.07) is 11.4. The second-order valence-electron chi connectivity index (χ2n) is 4.52. The summed E-state index contributed by atoms with van der Waals surface area (Å²) >= 11 is 0. The van der Waals surface area contributed by atoms with Gasteiger partial charge >= 0.3 is 0 Å². The molecule has 0 saturated carbocycles. The molecule has 3 N–H and O–H groups in total. The molecule has 1 unspecified atom stereocenters. The molecule has 0 bridgehead atoms. The SMILES string of the molecule is NC1Cc2ccc(-c3ccc(O)cc3)nc2C1. The molecule has 2 aromatic rings. The number of phenols is 1. The summed E-state index contributed by atoms with van der Waals surface area (Å²) in [5.41, 5.74) is 10.3. The van der Waals surface area contributed by atoms with Crippen LogP contribution in [0.2, 0.25) is 0 Å². The molecule has 86 valence electrons. The lowest BCUT2D eigenvalue weighted by molar-refractivity contribution is 0.475. The molecule has 1 atom stereocenters. The van der Waals surface area contributed by atoms with Crippen LogP contribution in [0, 0.1) is 0 Å². The van der Waals surface area contributed by atoms with E-state index in [1.807, 2.05) is 18.2 Å². The maximum atomic E-state index is 9.26. The molecule has 1 heterocycles. The van der Waals surface area contributed by atoms with Crippen LogP contribution in [-0.2, 0) is 12.8 Å². The van der Waals surface area contributed by atoms with Gasteiger partial charge in [0, 0.05) is 23.7 Å². The summed E-state index contributed by atoms with van der Waals surface area (Å²) < 4.78 is 0. The topological polar surface area (TPSA) is 59.1 Å². The summed E-state index contributed by atoms with van der Waals surface area (Å²) in [4.78, 5) is 4.64. The number of aromatic nitrogens is 1. The van der Waals surface area contributed by atoms with Crippen molar-refractivity contribution in [1.29, 1.82) is 0 Å². The van der Waals surface area contributed by atoms with Crippen molar-refractivity contribution in [3.63, 3.8) is 0 Å². The maximum absolute atomic E-state index is 9.26. The molecule has 3 rings (SSSR count). The molecule has 0 spiro atoms. The Morgan fingerprint density at radius 2 is 1.82 bits per heavy atom. The second kappa shape index (κ2) is 3.86. The van der Waals surface area contributed by atoms with Crippen LogP contribution in [-0.4, -0.2) is 16.1 Å². The van der Waals surface area contributed by atoms with Crippen molar-refractivity contribution in [2.75, 3.05) is 0 Å². The van der Waals surface area contributed by atoms with Gasteiger partial charge in [0.05, 0.1) is 5.69 Å². The Morgan fingerprint density at radius 3 is 2.59 bits per heavy atom. The standard InChI is InChI=1S/C14H14N2O/c15-11-7-10-3-6-13(16-14(10)8-11)9-1-4-12(17)5-2-9/h1-6,11,17H,7-8,15H2.